The molecule has 0 aliphatic carbocycles. The van der Waals surface area contributed by atoms with Crippen LogP contribution in [0.5, 0.6) is 0 Å². The van der Waals surface area contributed by atoms with Crippen molar-refractivity contribution in [1.29, 1.82) is 0 Å². The molecule has 0 aliphatic rings. The first-order valence-corrected chi connectivity index (χ1v) is 6.40. The van der Waals surface area contributed by atoms with Gasteiger partial charge in [-0.3, -0.25) is 19.6 Å². The Bertz CT molecular complexity index is 648. The normalized spacial score (nSPS) is 10.4. The number of aromatic nitrogens is 2. The van der Waals surface area contributed by atoms with Gasteiger partial charge in [0, 0.05) is 44.5 Å². The van der Waals surface area contributed by atoms with E-state index in [9.17, 15) is 14.9 Å². The van der Waals surface area contributed by atoms with Crippen LogP contribution in [0, 0.1) is 10.1 Å². The molecule has 0 unspecified atom stereocenters. The van der Waals surface area contributed by atoms with Crippen LogP contribution in [0.15, 0.2) is 36.7 Å². The largest absolute Gasteiger partial charge is 0.341 e. The molecule has 7 nitrogen and oxygen atoms in total. The number of nitro groups is 1. The molecule has 0 spiro atoms. The van der Waals surface area contributed by atoms with E-state index in [4.69, 9.17) is 0 Å². The molecule has 1 heterocycles. The maximum atomic E-state index is 12.1. The van der Waals surface area contributed by atoms with Crippen LogP contribution in [0.2, 0.25) is 0 Å². The van der Waals surface area contributed by atoms with Gasteiger partial charge in [0.05, 0.1) is 17.5 Å². The quantitative estimate of drug-likeness (QED) is 0.617. The summed E-state index contributed by atoms with van der Waals surface area (Å²) in [6.07, 6.45) is 3.79. The number of carbonyl (C=O) groups is 1. The first kappa shape index (κ1) is 14.7. The Balaban J connectivity index is 1.95. The molecule has 0 N–H and O–H groups in total. The number of amides is 1. The highest BCUT2D eigenvalue weighted by Crippen LogP contribution is 2.13. The first-order chi connectivity index (χ1) is 9.95. The zero-order valence-corrected chi connectivity index (χ0v) is 11.9. The van der Waals surface area contributed by atoms with E-state index in [1.165, 1.54) is 12.1 Å². The standard InChI is InChI=1S/C14H16N4O3/c1-16(9-12-8-15-17(2)10-12)14(19)7-11-3-5-13(6-4-11)18(20)21/h3-6,8,10H,7,9H2,1-2H3. The molecule has 7 heteroatoms. The number of aryl methyl sites for hydroxylation is 1. The molecular formula is C14H16N4O3. The number of rotatable bonds is 5. The minimum atomic E-state index is -0.458. The van der Waals surface area contributed by atoms with Gasteiger partial charge in [-0.15, -0.1) is 0 Å². The maximum absolute atomic E-state index is 12.1. The third kappa shape index (κ3) is 3.88. The average molecular weight is 288 g/mol. The molecule has 2 rings (SSSR count). The zero-order valence-electron chi connectivity index (χ0n) is 11.9. The molecule has 1 aromatic carbocycles. The van der Waals surface area contributed by atoms with Crippen LogP contribution >= 0.6 is 0 Å². The third-order valence-corrected chi connectivity index (χ3v) is 3.11. The summed E-state index contributed by atoms with van der Waals surface area (Å²) >= 11 is 0. The van der Waals surface area contributed by atoms with Crippen molar-refractivity contribution >= 4 is 11.6 Å². The number of benzene rings is 1. The number of hydrogen-bond donors (Lipinski definition) is 0. The fraction of sp³-hybridized carbons (Fsp3) is 0.286. The predicted molar refractivity (Wildman–Crippen MR) is 76.5 cm³/mol. The Morgan fingerprint density at radius 2 is 2.00 bits per heavy atom. The summed E-state index contributed by atoms with van der Waals surface area (Å²) in [5, 5.41) is 14.6. The number of nitro benzene ring substituents is 1. The lowest BCUT2D eigenvalue weighted by molar-refractivity contribution is -0.384. The summed E-state index contributed by atoms with van der Waals surface area (Å²) in [6, 6.07) is 6.02. The molecular weight excluding hydrogens is 272 g/mol. The summed E-state index contributed by atoms with van der Waals surface area (Å²) in [6.45, 7) is 0.486. The van der Waals surface area contributed by atoms with Crippen molar-refractivity contribution in [3.63, 3.8) is 0 Å². The van der Waals surface area contributed by atoms with Crippen molar-refractivity contribution in [3.8, 4) is 0 Å². The molecule has 1 amide bonds. The number of carbonyl (C=O) groups excluding carboxylic acids is 1. The van der Waals surface area contributed by atoms with Gasteiger partial charge in [0.25, 0.3) is 5.69 Å². The van der Waals surface area contributed by atoms with Crippen molar-refractivity contribution in [2.75, 3.05) is 7.05 Å². The van der Waals surface area contributed by atoms with E-state index in [0.717, 1.165) is 11.1 Å². The van der Waals surface area contributed by atoms with Crippen molar-refractivity contribution in [1.82, 2.24) is 14.7 Å². The van der Waals surface area contributed by atoms with E-state index in [0.29, 0.717) is 6.54 Å². The molecule has 21 heavy (non-hydrogen) atoms. The van der Waals surface area contributed by atoms with Crippen LogP contribution in [0.25, 0.3) is 0 Å². The Morgan fingerprint density at radius 1 is 1.33 bits per heavy atom. The van der Waals surface area contributed by atoms with Gasteiger partial charge in [-0.25, -0.2) is 0 Å². The summed E-state index contributed by atoms with van der Waals surface area (Å²) in [7, 11) is 3.54. The maximum Gasteiger partial charge on any atom is 0.269 e. The summed E-state index contributed by atoms with van der Waals surface area (Å²) in [4.78, 5) is 23.8. The first-order valence-electron chi connectivity index (χ1n) is 6.40. The summed E-state index contributed by atoms with van der Waals surface area (Å²) in [5.74, 6) is -0.0484. The van der Waals surface area contributed by atoms with Crippen LogP contribution in [0.4, 0.5) is 5.69 Å². The van der Waals surface area contributed by atoms with Gasteiger partial charge in [0.15, 0.2) is 0 Å². The fourth-order valence-corrected chi connectivity index (χ4v) is 1.96. The number of likely N-dealkylation sites (N-methyl/N-ethyl adjacent to an activating group) is 1. The second-order valence-corrected chi connectivity index (χ2v) is 4.87. The van der Waals surface area contributed by atoms with E-state index in [1.807, 2.05) is 13.2 Å². The molecule has 0 atom stereocenters. The van der Waals surface area contributed by atoms with Crippen molar-refractivity contribution in [3.05, 3.63) is 57.9 Å². The molecule has 0 bridgehead atoms. The van der Waals surface area contributed by atoms with Crippen LogP contribution in [-0.4, -0.2) is 32.6 Å². The van der Waals surface area contributed by atoms with E-state index in [-0.39, 0.29) is 18.0 Å². The fourth-order valence-electron chi connectivity index (χ4n) is 1.96. The van der Waals surface area contributed by atoms with Crippen LogP contribution in [-0.2, 0) is 24.8 Å². The zero-order chi connectivity index (χ0) is 15.4. The number of hydrogen-bond acceptors (Lipinski definition) is 4. The Morgan fingerprint density at radius 3 is 2.52 bits per heavy atom. The number of non-ortho nitro benzene ring substituents is 1. The van der Waals surface area contributed by atoms with E-state index < -0.39 is 4.92 Å². The van der Waals surface area contributed by atoms with Crippen molar-refractivity contribution in [2.45, 2.75) is 13.0 Å². The lowest BCUT2D eigenvalue weighted by Crippen LogP contribution is -2.27. The number of nitrogens with zero attached hydrogens (tertiary/aromatic N) is 4. The molecule has 0 saturated heterocycles. The van der Waals surface area contributed by atoms with Gasteiger partial charge >= 0.3 is 0 Å². The van der Waals surface area contributed by atoms with Gasteiger partial charge in [-0.1, -0.05) is 12.1 Å². The van der Waals surface area contributed by atoms with Crippen LogP contribution in [0.3, 0.4) is 0 Å². The van der Waals surface area contributed by atoms with E-state index in [1.54, 1.807) is 35.0 Å². The van der Waals surface area contributed by atoms with E-state index in [2.05, 4.69) is 5.10 Å². The topological polar surface area (TPSA) is 81.3 Å². The molecule has 0 aliphatic heterocycles. The second kappa shape index (κ2) is 6.17. The van der Waals surface area contributed by atoms with Crippen LogP contribution in [0.1, 0.15) is 11.1 Å². The second-order valence-electron chi connectivity index (χ2n) is 4.87. The molecule has 1 aromatic heterocycles. The molecule has 2 aromatic rings. The lowest BCUT2D eigenvalue weighted by Gasteiger charge is -2.16. The molecule has 0 fully saturated rings. The van der Waals surface area contributed by atoms with Crippen molar-refractivity contribution < 1.29 is 9.72 Å². The summed E-state index contributed by atoms with van der Waals surface area (Å²) in [5.41, 5.74) is 1.73. The Hall–Kier alpha value is -2.70. The smallest absolute Gasteiger partial charge is 0.269 e. The van der Waals surface area contributed by atoms with Gasteiger partial charge < -0.3 is 4.90 Å². The Kier molecular flexibility index (Phi) is 4.32. The highest BCUT2D eigenvalue weighted by atomic mass is 16.6. The molecule has 0 saturated carbocycles. The van der Waals surface area contributed by atoms with E-state index >= 15 is 0 Å². The molecule has 0 radical (unpaired) electrons. The van der Waals surface area contributed by atoms with Gasteiger partial charge in [0.2, 0.25) is 5.91 Å². The highest BCUT2D eigenvalue weighted by Gasteiger charge is 2.12. The van der Waals surface area contributed by atoms with Gasteiger partial charge in [-0.05, 0) is 5.56 Å². The molecule has 110 valence electrons. The monoisotopic (exact) mass is 288 g/mol. The SMILES string of the molecule is CN(Cc1cnn(C)c1)C(=O)Cc1ccc([N+](=O)[O-])cc1. The third-order valence-electron chi connectivity index (χ3n) is 3.11. The Labute approximate surface area is 121 Å². The minimum absolute atomic E-state index is 0.0231. The van der Waals surface area contributed by atoms with Crippen molar-refractivity contribution in [2.24, 2.45) is 7.05 Å². The lowest BCUT2D eigenvalue weighted by atomic mass is 10.1. The average Bonchev–Trinajstić information content (AvgIpc) is 2.84. The summed E-state index contributed by atoms with van der Waals surface area (Å²) < 4.78 is 1.68. The van der Waals surface area contributed by atoms with Gasteiger partial charge in [0.1, 0.15) is 0 Å². The van der Waals surface area contributed by atoms with Crippen LogP contribution < -0.4 is 0 Å². The predicted octanol–water partition coefficient (Wildman–Crippen LogP) is 1.53. The minimum Gasteiger partial charge on any atom is -0.341 e. The van der Waals surface area contributed by atoms with Gasteiger partial charge in [-0.2, -0.15) is 5.10 Å². The highest BCUT2D eigenvalue weighted by molar-refractivity contribution is 5.78.